The van der Waals surface area contributed by atoms with Crippen LogP contribution in [0.3, 0.4) is 0 Å². The average molecular weight is 475 g/mol. The number of hydrogen-bond donors (Lipinski definition) is 1. The molecule has 2 saturated heterocycles. The monoisotopic (exact) mass is 474 g/mol. The van der Waals surface area contributed by atoms with Gasteiger partial charge in [0.15, 0.2) is 5.69 Å². The highest BCUT2D eigenvalue weighted by Gasteiger charge is 2.31. The van der Waals surface area contributed by atoms with E-state index in [-0.39, 0.29) is 30.6 Å². The summed E-state index contributed by atoms with van der Waals surface area (Å²) in [4.78, 5) is 44.1. The Labute approximate surface area is 201 Å². The van der Waals surface area contributed by atoms with E-state index < -0.39 is 0 Å². The maximum atomic E-state index is 13.1. The van der Waals surface area contributed by atoms with Crippen molar-refractivity contribution in [3.8, 4) is 0 Å². The fraction of sp³-hybridized carbons (Fsp3) is 0.750. The van der Waals surface area contributed by atoms with Gasteiger partial charge in [0.1, 0.15) is 0 Å². The topological polar surface area (TPSA) is 100 Å². The smallest absolute Gasteiger partial charge is 0.274 e. The molecule has 0 saturated carbocycles. The molecule has 0 spiro atoms. The molecule has 3 amide bonds. The van der Waals surface area contributed by atoms with Gasteiger partial charge in [-0.1, -0.05) is 0 Å². The maximum absolute atomic E-state index is 13.1. The summed E-state index contributed by atoms with van der Waals surface area (Å²) in [5, 5.41) is 7.45. The number of likely N-dealkylation sites (tertiary alicyclic amines) is 1. The van der Waals surface area contributed by atoms with Crippen LogP contribution in [0.4, 0.5) is 0 Å². The van der Waals surface area contributed by atoms with Gasteiger partial charge in [-0.15, -0.1) is 0 Å². The Morgan fingerprint density at radius 3 is 2.50 bits per heavy atom. The van der Waals surface area contributed by atoms with Gasteiger partial charge in [-0.3, -0.25) is 24.0 Å². The molecule has 0 bridgehead atoms. The van der Waals surface area contributed by atoms with E-state index in [9.17, 15) is 14.4 Å². The van der Waals surface area contributed by atoms with Gasteiger partial charge in [-0.25, -0.2) is 0 Å². The predicted molar refractivity (Wildman–Crippen MR) is 126 cm³/mol. The van der Waals surface area contributed by atoms with Crippen molar-refractivity contribution < 1.29 is 19.1 Å². The molecule has 2 fully saturated rings. The Kier molecular flexibility index (Phi) is 8.55. The number of ether oxygens (including phenoxy) is 1. The normalized spacial score (nSPS) is 19.1. The van der Waals surface area contributed by atoms with Crippen molar-refractivity contribution in [1.82, 2.24) is 29.8 Å². The molecule has 3 aliphatic heterocycles. The lowest BCUT2D eigenvalue weighted by Crippen LogP contribution is -2.39. The molecule has 188 valence electrons. The van der Waals surface area contributed by atoms with Crippen molar-refractivity contribution in [2.75, 3.05) is 59.0 Å². The molecule has 0 aromatic carbocycles. The van der Waals surface area contributed by atoms with E-state index in [4.69, 9.17) is 4.74 Å². The Morgan fingerprint density at radius 1 is 0.971 bits per heavy atom. The molecule has 0 radical (unpaired) electrons. The molecule has 0 atom stereocenters. The van der Waals surface area contributed by atoms with E-state index >= 15 is 0 Å². The van der Waals surface area contributed by atoms with Crippen LogP contribution < -0.4 is 5.32 Å². The third kappa shape index (κ3) is 6.15. The van der Waals surface area contributed by atoms with Crippen LogP contribution in [0.15, 0.2) is 0 Å². The van der Waals surface area contributed by atoms with Crippen LogP contribution in [0.2, 0.25) is 0 Å². The Hall–Kier alpha value is -2.46. The number of carbonyl (C=O) groups excluding carboxylic acids is 3. The molecule has 1 aromatic rings. The summed E-state index contributed by atoms with van der Waals surface area (Å²) in [6.07, 6.45) is 5.15. The zero-order chi connectivity index (χ0) is 23.9. The highest BCUT2D eigenvalue weighted by Crippen LogP contribution is 2.25. The second kappa shape index (κ2) is 11.8. The summed E-state index contributed by atoms with van der Waals surface area (Å²) in [6, 6.07) is 0. The van der Waals surface area contributed by atoms with Gasteiger partial charge in [-0.2, -0.15) is 5.10 Å². The molecule has 1 aromatic heterocycles. The second-order valence-electron chi connectivity index (χ2n) is 9.47. The third-order valence-electron chi connectivity index (χ3n) is 7.08. The molecule has 0 unspecified atom stereocenters. The van der Waals surface area contributed by atoms with Gasteiger partial charge in [0.2, 0.25) is 11.8 Å². The summed E-state index contributed by atoms with van der Waals surface area (Å²) >= 11 is 0. The Balaban J connectivity index is 1.23. The van der Waals surface area contributed by atoms with E-state index in [1.807, 2.05) is 11.9 Å². The maximum Gasteiger partial charge on any atom is 0.274 e. The zero-order valence-corrected chi connectivity index (χ0v) is 20.4. The lowest BCUT2D eigenvalue weighted by Gasteiger charge is -2.29. The SMILES string of the molecule is Cn1nc(C(=O)N2CCCCC2)c2c1CCN(C(=O)CCC(=O)NCCCN1CCOCC1)C2. The lowest BCUT2D eigenvalue weighted by molar-refractivity contribution is -0.134. The largest absolute Gasteiger partial charge is 0.379 e. The highest BCUT2D eigenvalue weighted by molar-refractivity contribution is 5.94. The van der Waals surface area contributed by atoms with Crippen LogP contribution in [-0.4, -0.2) is 101 Å². The summed E-state index contributed by atoms with van der Waals surface area (Å²) in [5.74, 6) is -0.160. The molecule has 0 aliphatic carbocycles. The Bertz CT molecular complexity index is 873. The van der Waals surface area contributed by atoms with Crippen LogP contribution in [0.25, 0.3) is 0 Å². The first kappa shape index (κ1) is 24.7. The second-order valence-corrected chi connectivity index (χ2v) is 9.47. The van der Waals surface area contributed by atoms with Crippen molar-refractivity contribution in [3.05, 3.63) is 17.0 Å². The number of aryl methyl sites for hydroxylation is 1. The number of fused-ring (bicyclic) bond motifs is 1. The summed E-state index contributed by atoms with van der Waals surface area (Å²) in [6.45, 7) is 7.53. The van der Waals surface area contributed by atoms with Crippen LogP contribution in [0.1, 0.15) is 60.3 Å². The first-order valence-electron chi connectivity index (χ1n) is 12.7. The summed E-state index contributed by atoms with van der Waals surface area (Å²) in [7, 11) is 1.87. The summed E-state index contributed by atoms with van der Waals surface area (Å²) in [5.41, 5.74) is 2.38. The molecule has 4 heterocycles. The van der Waals surface area contributed by atoms with Crippen molar-refractivity contribution in [2.24, 2.45) is 7.05 Å². The number of hydrogen-bond acceptors (Lipinski definition) is 6. The lowest BCUT2D eigenvalue weighted by atomic mass is 10.0. The first-order chi connectivity index (χ1) is 16.5. The average Bonchev–Trinajstić information content (AvgIpc) is 3.21. The van der Waals surface area contributed by atoms with E-state index in [0.717, 1.165) is 82.9 Å². The number of rotatable bonds is 8. The van der Waals surface area contributed by atoms with E-state index in [1.54, 1.807) is 9.58 Å². The molecule has 1 N–H and O–H groups in total. The van der Waals surface area contributed by atoms with Gasteiger partial charge in [0.25, 0.3) is 5.91 Å². The minimum Gasteiger partial charge on any atom is -0.379 e. The van der Waals surface area contributed by atoms with E-state index in [1.165, 1.54) is 0 Å². The van der Waals surface area contributed by atoms with Gasteiger partial charge >= 0.3 is 0 Å². The number of carbonyl (C=O) groups is 3. The predicted octanol–water partition coefficient (Wildman–Crippen LogP) is 0.550. The van der Waals surface area contributed by atoms with Crippen molar-refractivity contribution in [2.45, 2.75) is 51.5 Å². The number of morpholine rings is 1. The van der Waals surface area contributed by atoms with Crippen molar-refractivity contribution in [3.63, 3.8) is 0 Å². The molecule has 4 rings (SSSR count). The van der Waals surface area contributed by atoms with Gasteiger partial charge in [-0.05, 0) is 32.2 Å². The van der Waals surface area contributed by atoms with E-state index in [2.05, 4.69) is 15.3 Å². The molecular weight excluding hydrogens is 436 g/mol. The molecule has 10 heteroatoms. The number of piperidine rings is 1. The number of nitrogens with zero attached hydrogens (tertiary/aromatic N) is 5. The number of aromatic nitrogens is 2. The molecular formula is C24H38N6O4. The van der Waals surface area contributed by atoms with Gasteiger partial charge in [0, 0.05) is 83.4 Å². The molecule has 34 heavy (non-hydrogen) atoms. The highest BCUT2D eigenvalue weighted by atomic mass is 16.5. The molecule has 10 nitrogen and oxygen atoms in total. The van der Waals surface area contributed by atoms with Crippen molar-refractivity contribution in [1.29, 1.82) is 0 Å². The number of amides is 3. The van der Waals surface area contributed by atoms with Crippen LogP contribution in [-0.2, 0) is 34.3 Å². The third-order valence-corrected chi connectivity index (χ3v) is 7.08. The minimum absolute atomic E-state index is 0.0256. The minimum atomic E-state index is -0.0876. The zero-order valence-electron chi connectivity index (χ0n) is 20.4. The van der Waals surface area contributed by atoms with Crippen LogP contribution in [0, 0.1) is 0 Å². The van der Waals surface area contributed by atoms with Gasteiger partial charge in [0.05, 0.1) is 13.2 Å². The Morgan fingerprint density at radius 2 is 1.74 bits per heavy atom. The molecule has 3 aliphatic rings. The van der Waals surface area contributed by atoms with Crippen LogP contribution in [0.5, 0.6) is 0 Å². The van der Waals surface area contributed by atoms with Crippen LogP contribution >= 0.6 is 0 Å². The quantitative estimate of drug-likeness (QED) is 0.553. The fourth-order valence-electron chi connectivity index (χ4n) is 5.05. The first-order valence-corrected chi connectivity index (χ1v) is 12.7. The summed E-state index contributed by atoms with van der Waals surface area (Å²) < 4.78 is 7.13. The van der Waals surface area contributed by atoms with E-state index in [0.29, 0.717) is 31.7 Å². The van der Waals surface area contributed by atoms with Gasteiger partial charge < -0.3 is 19.9 Å². The number of nitrogens with one attached hydrogen (secondary N) is 1. The standard InChI is InChI=1S/C24H38N6O4/c1-27-20-8-13-30(18-19(20)23(26-27)24(33)29-11-3-2-4-12-29)22(32)7-6-21(31)25-9-5-10-28-14-16-34-17-15-28/h2-18H2,1H3,(H,25,31). The van der Waals surface area contributed by atoms with Crippen molar-refractivity contribution >= 4 is 17.7 Å². The fourth-order valence-corrected chi connectivity index (χ4v) is 5.05.